The van der Waals surface area contributed by atoms with E-state index in [-0.39, 0.29) is 0 Å². The van der Waals surface area contributed by atoms with Gasteiger partial charge in [-0.05, 0) is 12.0 Å². The molecular formula is C14H18. The zero-order valence-corrected chi connectivity index (χ0v) is 8.82. The Kier molecular flexibility index (Phi) is 8.47. The van der Waals surface area contributed by atoms with E-state index in [9.17, 15) is 0 Å². The van der Waals surface area contributed by atoms with Crippen molar-refractivity contribution in [2.24, 2.45) is 0 Å². The van der Waals surface area contributed by atoms with Gasteiger partial charge in [-0.3, -0.25) is 0 Å². The maximum atomic E-state index is 3.63. The molecule has 0 heteroatoms. The van der Waals surface area contributed by atoms with Crippen LogP contribution in [0.25, 0.3) is 6.08 Å². The molecule has 0 saturated carbocycles. The Labute approximate surface area is 87.3 Å². The number of benzene rings is 1. The average Bonchev–Trinajstić information content (AvgIpc) is 2.28. The lowest BCUT2D eigenvalue weighted by Gasteiger charge is -1.85. The monoisotopic (exact) mass is 186 g/mol. The molecule has 0 heterocycles. The van der Waals surface area contributed by atoms with Crippen LogP contribution in [0.3, 0.4) is 0 Å². The molecule has 0 aliphatic rings. The lowest BCUT2D eigenvalue weighted by molar-refractivity contribution is 1.22. The Bertz CT molecular complexity index is 267. The van der Waals surface area contributed by atoms with Gasteiger partial charge in [-0.1, -0.05) is 74.7 Å². The van der Waals surface area contributed by atoms with E-state index in [0.717, 1.165) is 6.42 Å². The molecule has 74 valence electrons. The summed E-state index contributed by atoms with van der Waals surface area (Å²) in [6, 6.07) is 10.0. The standard InChI is InChI=1S/C8H8.C6H10/c1-2-8-6-4-3-5-7-8;1-3-5-6-4-2/h2-7H,1H2;3,5-6H,1,4H2,2H3. The van der Waals surface area contributed by atoms with Crippen LogP contribution in [0.15, 0.2) is 61.7 Å². The van der Waals surface area contributed by atoms with Crippen molar-refractivity contribution in [3.05, 3.63) is 67.3 Å². The van der Waals surface area contributed by atoms with Crippen molar-refractivity contribution in [2.75, 3.05) is 0 Å². The summed E-state index contributed by atoms with van der Waals surface area (Å²) in [4.78, 5) is 0. The fourth-order valence-electron chi connectivity index (χ4n) is 0.821. The van der Waals surface area contributed by atoms with Crippen LogP contribution in [0, 0.1) is 0 Å². The topological polar surface area (TPSA) is 0 Å². The van der Waals surface area contributed by atoms with Crippen molar-refractivity contribution in [2.45, 2.75) is 13.3 Å². The molecule has 1 rings (SSSR count). The molecule has 0 aliphatic heterocycles. The van der Waals surface area contributed by atoms with Crippen molar-refractivity contribution in [1.82, 2.24) is 0 Å². The van der Waals surface area contributed by atoms with E-state index in [1.807, 2.05) is 42.5 Å². The largest absolute Gasteiger partial charge is 0.0991 e. The third-order valence-corrected chi connectivity index (χ3v) is 1.54. The van der Waals surface area contributed by atoms with Gasteiger partial charge in [0.25, 0.3) is 0 Å². The molecular weight excluding hydrogens is 168 g/mol. The highest BCUT2D eigenvalue weighted by Crippen LogP contribution is 1.97. The van der Waals surface area contributed by atoms with E-state index in [0.29, 0.717) is 0 Å². The number of hydrogen-bond donors (Lipinski definition) is 0. The van der Waals surface area contributed by atoms with Crippen LogP contribution in [0.4, 0.5) is 0 Å². The zero-order valence-electron chi connectivity index (χ0n) is 8.82. The van der Waals surface area contributed by atoms with Crippen LogP contribution >= 0.6 is 0 Å². The van der Waals surface area contributed by atoms with Crippen molar-refractivity contribution in [1.29, 1.82) is 0 Å². The van der Waals surface area contributed by atoms with Gasteiger partial charge in [-0.2, -0.15) is 0 Å². The Balaban J connectivity index is 0.000000255. The normalized spacial score (nSPS) is 8.93. The van der Waals surface area contributed by atoms with Gasteiger partial charge in [0.1, 0.15) is 0 Å². The van der Waals surface area contributed by atoms with Gasteiger partial charge in [-0.15, -0.1) is 0 Å². The van der Waals surface area contributed by atoms with Gasteiger partial charge < -0.3 is 0 Å². The minimum atomic E-state index is 1.10. The average molecular weight is 186 g/mol. The third kappa shape index (κ3) is 7.11. The van der Waals surface area contributed by atoms with Crippen LogP contribution in [-0.2, 0) is 0 Å². The van der Waals surface area contributed by atoms with Crippen molar-refractivity contribution < 1.29 is 0 Å². The fourth-order valence-corrected chi connectivity index (χ4v) is 0.821. The molecule has 0 nitrogen and oxygen atoms in total. The molecule has 0 spiro atoms. The zero-order chi connectivity index (χ0) is 10.6. The minimum absolute atomic E-state index is 1.10. The summed E-state index contributed by atoms with van der Waals surface area (Å²) in [5, 5.41) is 0. The molecule has 0 radical (unpaired) electrons. The van der Waals surface area contributed by atoms with Crippen molar-refractivity contribution >= 4 is 6.08 Å². The van der Waals surface area contributed by atoms with E-state index in [2.05, 4.69) is 26.2 Å². The molecule has 1 aromatic carbocycles. The third-order valence-electron chi connectivity index (χ3n) is 1.54. The summed E-state index contributed by atoms with van der Waals surface area (Å²) in [6.45, 7) is 9.24. The van der Waals surface area contributed by atoms with Crippen LogP contribution in [0.1, 0.15) is 18.9 Å². The Morgan fingerprint density at radius 1 is 1.14 bits per heavy atom. The molecule has 0 atom stereocenters. The maximum absolute atomic E-state index is 3.63. The van der Waals surface area contributed by atoms with Gasteiger partial charge in [0, 0.05) is 0 Å². The first kappa shape index (κ1) is 12.4. The van der Waals surface area contributed by atoms with E-state index in [4.69, 9.17) is 0 Å². The lowest BCUT2D eigenvalue weighted by atomic mass is 10.2. The highest BCUT2D eigenvalue weighted by atomic mass is 13.8. The smallest absolute Gasteiger partial charge is 0.0263 e. The number of hydrogen-bond acceptors (Lipinski definition) is 0. The second-order valence-electron chi connectivity index (χ2n) is 2.69. The van der Waals surface area contributed by atoms with E-state index >= 15 is 0 Å². The van der Waals surface area contributed by atoms with Crippen LogP contribution < -0.4 is 0 Å². The molecule has 1 aromatic rings. The summed E-state index contributed by atoms with van der Waals surface area (Å²) in [6.07, 6.45) is 8.72. The highest BCUT2D eigenvalue weighted by molar-refractivity contribution is 5.45. The summed E-state index contributed by atoms with van der Waals surface area (Å²) in [5.74, 6) is 0. The molecule has 0 saturated heterocycles. The quantitative estimate of drug-likeness (QED) is 0.611. The van der Waals surface area contributed by atoms with Crippen molar-refractivity contribution in [3.8, 4) is 0 Å². The van der Waals surface area contributed by atoms with Gasteiger partial charge in [0.05, 0.1) is 0 Å². The van der Waals surface area contributed by atoms with E-state index in [1.165, 1.54) is 5.56 Å². The Morgan fingerprint density at radius 3 is 2.07 bits per heavy atom. The molecule has 0 amide bonds. The summed E-state index contributed by atoms with van der Waals surface area (Å²) in [5.41, 5.74) is 1.17. The molecule has 0 aromatic heterocycles. The summed E-state index contributed by atoms with van der Waals surface area (Å²) in [7, 11) is 0. The highest BCUT2D eigenvalue weighted by Gasteiger charge is 1.75. The Morgan fingerprint density at radius 2 is 1.79 bits per heavy atom. The van der Waals surface area contributed by atoms with Crippen LogP contribution in [0.2, 0.25) is 0 Å². The van der Waals surface area contributed by atoms with Gasteiger partial charge in [0.2, 0.25) is 0 Å². The first-order valence-electron chi connectivity index (χ1n) is 4.80. The fraction of sp³-hybridized carbons (Fsp3) is 0.143. The summed E-state index contributed by atoms with van der Waals surface area (Å²) >= 11 is 0. The van der Waals surface area contributed by atoms with E-state index < -0.39 is 0 Å². The molecule has 0 unspecified atom stereocenters. The lowest BCUT2D eigenvalue weighted by Crippen LogP contribution is -1.63. The number of allylic oxidation sites excluding steroid dienone is 3. The first-order valence-corrected chi connectivity index (χ1v) is 4.80. The molecule has 0 N–H and O–H groups in total. The molecule has 0 fully saturated rings. The maximum Gasteiger partial charge on any atom is -0.0263 e. The van der Waals surface area contributed by atoms with E-state index in [1.54, 1.807) is 6.08 Å². The molecule has 0 aliphatic carbocycles. The minimum Gasteiger partial charge on any atom is -0.0991 e. The second kappa shape index (κ2) is 9.53. The van der Waals surface area contributed by atoms with Gasteiger partial charge >= 0.3 is 0 Å². The molecule has 14 heavy (non-hydrogen) atoms. The predicted octanol–water partition coefficient (Wildman–Crippen LogP) is 4.47. The van der Waals surface area contributed by atoms with Gasteiger partial charge in [-0.25, -0.2) is 0 Å². The molecule has 0 bridgehead atoms. The van der Waals surface area contributed by atoms with Crippen molar-refractivity contribution in [3.63, 3.8) is 0 Å². The van der Waals surface area contributed by atoms with Crippen LogP contribution in [-0.4, -0.2) is 0 Å². The summed E-state index contributed by atoms with van der Waals surface area (Å²) < 4.78 is 0. The van der Waals surface area contributed by atoms with Gasteiger partial charge in [0.15, 0.2) is 0 Å². The second-order valence-corrected chi connectivity index (χ2v) is 2.69. The Hall–Kier alpha value is -1.56. The first-order chi connectivity index (χ1) is 6.85. The predicted molar refractivity (Wildman–Crippen MR) is 66.2 cm³/mol. The number of rotatable bonds is 3. The van der Waals surface area contributed by atoms with Crippen LogP contribution in [0.5, 0.6) is 0 Å². The SMILES string of the molecule is C=CC=CCC.C=Cc1ccccc1.